The summed E-state index contributed by atoms with van der Waals surface area (Å²) in [4.78, 5) is 0. The molecule has 0 N–H and O–H groups in total. The van der Waals surface area contributed by atoms with Crippen LogP contribution in [-0.4, -0.2) is 18.3 Å². The lowest BCUT2D eigenvalue weighted by atomic mass is 9.85. The molecule has 0 unspecified atom stereocenters. The first-order chi connectivity index (χ1) is 39.6. The quantitative estimate of drug-likeness (QED) is 0.142. The molecule has 5 heteroatoms. The van der Waals surface area contributed by atoms with Crippen LogP contribution in [0, 0.1) is 11.3 Å². The van der Waals surface area contributed by atoms with Gasteiger partial charge in [-0.25, -0.2) is 0 Å². The molecule has 0 bridgehead atoms. The molecule has 0 radical (unpaired) electrons. The highest BCUT2D eigenvalue weighted by Gasteiger charge is 2.35. The lowest BCUT2D eigenvalue weighted by Crippen LogP contribution is -2.16. The van der Waals surface area contributed by atoms with Crippen molar-refractivity contribution < 1.29 is 0 Å². The van der Waals surface area contributed by atoms with Gasteiger partial charge in [-0.2, -0.15) is 5.26 Å². The molecule has 0 amide bonds. The summed E-state index contributed by atoms with van der Waals surface area (Å²) in [6.07, 6.45) is 0. The Morgan fingerprint density at radius 2 is 0.585 bits per heavy atom. The summed E-state index contributed by atoms with van der Waals surface area (Å²) >= 11 is 0. The molecule has 4 heterocycles. The minimum absolute atomic E-state index is 0.110. The third kappa shape index (κ3) is 7.64. The fourth-order valence-corrected chi connectivity index (χ4v) is 13.4. The SMILES string of the molecule is CC(C)c1ccc2c(c1)c1cc(C(C)C)ccc1n2-c1c(-c2ccc(C(C)(C)C)cc2)c(-n2c3ccc(C(C)C)cc3c3cc(C(C)C)ccc32)c(-n2c3ccccc3c3ccccc32)c(C#N)c1-n1c2ccccc2c2ccccc21. The standard InChI is InChI=1S/C77H69N5/c1-45(2)50-30-36-68-59(40-50)60-41-51(46(3)4)31-37-69(60)81(68)75-72(49-28-34-54(35-29-49)77(9,10)11)76(82-70-38-32-52(47(5)6)42-61(70)62-43-53(48(7)8)33-39-71(62)82)74(80-66-26-18-14-22-57(66)58-23-15-19-27-67(58)80)63(44-78)73(75)79-64-24-16-12-20-55(64)56-21-13-17-25-65(56)79/h12-43,45-48H,1-11H3. The number of hydrogen-bond donors (Lipinski definition) is 0. The predicted molar refractivity (Wildman–Crippen MR) is 349 cm³/mol. The van der Waals surface area contributed by atoms with Crippen LogP contribution in [0.25, 0.3) is 121 Å². The molecule has 0 aliphatic heterocycles. The minimum Gasteiger partial charge on any atom is -0.306 e. The Bertz CT molecular complexity index is 4460. The van der Waals surface area contributed by atoms with Crippen LogP contribution >= 0.6 is 0 Å². The third-order valence-corrected chi connectivity index (χ3v) is 17.9. The molecular weight excluding hydrogens is 995 g/mol. The van der Waals surface area contributed by atoms with Crippen LogP contribution in [0.5, 0.6) is 0 Å². The maximum absolute atomic E-state index is 13.1. The molecular formula is C77H69N5. The zero-order valence-corrected chi connectivity index (χ0v) is 49.0. The molecule has 82 heavy (non-hydrogen) atoms. The number of rotatable bonds is 9. The fourth-order valence-electron chi connectivity index (χ4n) is 13.4. The molecule has 0 saturated heterocycles. The van der Waals surface area contributed by atoms with Crippen molar-refractivity contribution in [3.05, 3.63) is 228 Å². The van der Waals surface area contributed by atoms with Gasteiger partial charge in [0.05, 0.1) is 66.9 Å². The van der Waals surface area contributed by atoms with E-state index < -0.39 is 0 Å². The van der Waals surface area contributed by atoms with Crippen molar-refractivity contribution >= 4 is 87.2 Å². The lowest BCUT2D eigenvalue weighted by molar-refractivity contribution is 0.590. The fraction of sp³-hybridized carbons (Fsp3) is 0.208. The zero-order valence-electron chi connectivity index (χ0n) is 49.0. The van der Waals surface area contributed by atoms with E-state index in [2.05, 4.69) is 295 Å². The summed E-state index contributed by atoms with van der Waals surface area (Å²) in [5.41, 5.74) is 20.9. The van der Waals surface area contributed by atoms with Gasteiger partial charge >= 0.3 is 0 Å². The second-order valence-electron chi connectivity index (χ2n) is 25.2. The normalized spacial score (nSPS) is 12.5. The number of aromatic nitrogens is 4. The van der Waals surface area contributed by atoms with Crippen molar-refractivity contribution in [2.75, 3.05) is 0 Å². The van der Waals surface area contributed by atoms with E-state index in [9.17, 15) is 5.26 Å². The monoisotopic (exact) mass is 1060 g/mol. The topological polar surface area (TPSA) is 43.5 Å². The highest BCUT2D eigenvalue weighted by Crippen LogP contribution is 2.53. The molecule has 0 saturated carbocycles. The summed E-state index contributed by atoms with van der Waals surface area (Å²) in [6.45, 7) is 25.2. The van der Waals surface area contributed by atoms with Gasteiger partial charge in [0, 0.05) is 48.7 Å². The molecule has 0 aliphatic rings. The van der Waals surface area contributed by atoms with Crippen molar-refractivity contribution in [3.8, 4) is 39.9 Å². The number of benzene rings is 10. The van der Waals surface area contributed by atoms with Crippen molar-refractivity contribution in [3.63, 3.8) is 0 Å². The van der Waals surface area contributed by atoms with Gasteiger partial charge in [0.15, 0.2) is 0 Å². The molecule has 14 aromatic rings. The van der Waals surface area contributed by atoms with Gasteiger partial charge in [-0.05, 0) is 135 Å². The zero-order chi connectivity index (χ0) is 56.6. The molecule has 4 aromatic heterocycles. The largest absolute Gasteiger partial charge is 0.306 e. The molecule has 0 spiro atoms. The van der Waals surface area contributed by atoms with Crippen molar-refractivity contribution in [2.24, 2.45) is 0 Å². The van der Waals surface area contributed by atoms with E-state index in [1.807, 2.05) is 0 Å². The second-order valence-corrected chi connectivity index (χ2v) is 25.2. The van der Waals surface area contributed by atoms with Gasteiger partial charge < -0.3 is 18.3 Å². The number of nitrogens with zero attached hydrogens (tertiary/aromatic N) is 5. The summed E-state index contributed by atoms with van der Waals surface area (Å²) in [5.74, 6) is 1.25. The van der Waals surface area contributed by atoms with Crippen LogP contribution in [-0.2, 0) is 5.41 Å². The highest BCUT2D eigenvalue weighted by molar-refractivity contribution is 6.17. The van der Waals surface area contributed by atoms with Crippen molar-refractivity contribution in [2.45, 2.75) is 105 Å². The molecule has 0 fully saturated rings. The summed E-state index contributed by atoms with van der Waals surface area (Å²) < 4.78 is 9.97. The van der Waals surface area contributed by atoms with Gasteiger partial charge in [-0.3, -0.25) is 0 Å². The lowest BCUT2D eigenvalue weighted by Gasteiger charge is -2.29. The summed E-state index contributed by atoms with van der Waals surface area (Å²) in [7, 11) is 0. The first-order valence-electron chi connectivity index (χ1n) is 29.5. The summed E-state index contributed by atoms with van der Waals surface area (Å²) in [5, 5.41) is 22.3. The third-order valence-electron chi connectivity index (χ3n) is 17.9. The number of para-hydroxylation sites is 4. The van der Waals surface area contributed by atoms with Crippen LogP contribution in [0.3, 0.4) is 0 Å². The first-order valence-corrected chi connectivity index (χ1v) is 29.5. The first kappa shape index (κ1) is 51.1. The van der Waals surface area contributed by atoms with Gasteiger partial charge in [0.2, 0.25) is 0 Å². The Kier molecular flexibility index (Phi) is 11.8. The Balaban J connectivity index is 1.35. The van der Waals surface area contributed by atoms with Gasteiger partial charge in [-0.15, -0.1) is 0 Å². The average molecular weight is 1060 g/mol. The van der Waals surface area contributed by atoms with E-state index in [0.717, 1.165) is 99.6 Å². The maximum atomic E-state index is 13.1. The molecule has 0 aliphatic carbocycles. The van der Waals surface area contributed by atoms with E-state index in [-0.39, 0.29) is 5.41 Å². The minimum atomic E-state index is -0.110. The maximum Gasteiger partial charge on any atom is 0.104 e. The van der Waals surface area contributed by atoms with Crippen molar-refractivity contribution in [1.82, 2.24) is 18.3 Å². The number of nitriles is 1. The van der Waals surface area contributed by atoms with Crippen LogP contribution < -0.4 is 0 Å². The van der Waals surface area contributed by atoms with E-state index in [4.69, 9.17) is 0 Å². The summed E-state index contributed by atoms with van der Waals surface area (Å²) in [6, 6.07) is 76.1. The Morgan fingerprint density at radius 1 is 0.317 bits per heavy atom. The second kappa shape index (κ2) is 19.0. The van der Waals surface area contributed by atoms with Crippen LogP contribution in [0.1, 0.15) is 133 Å². The molecule has 10 aromatic carbocycles. The average Bonchev–Trinajstić information content (AvgIpc) is 1.88. The molecule has 0 atom stereocenters. The molecule has 5 nitrogen and oxygen atoms in total. The highest BCUT2D eigenvalue weighted by atomic mass is 15.1. The van der Waals surface area contributed by atoms with E-state index >= 15 is 0 Å². The Morgan fingerprint density at radius 3 is 0.854 bits per heavy atom. The Labute approximate surface area is 480 Å². The van der Waals surface area contributed by atoms with Gasteiger partial charge in [-0.1, -0.05) is 197 Å². The van der Waals surface area contributed by atoms with Crippen LogP contribution in [0.2, 0.25) is 0 Å². The van der Waals surface area contributed by atoms with E-state index in [0.29, 0.717) is 29.2 Å². The smallest absolute Gasteiger partial charge is 0.104 e. The Hall–Kier alpha value is -9.11. The van der Waals surface area contributed by atoms with Gasteiger partial charge in [0.1, 0.15) is 11.6 Å². The molecule has 402 valence electrons. The predicted octanol–water partition coefficient (Wildman–Crippen LogP) is 21.4. The van der Waals surface area contributed by atoms with E-state index in [1.165, 1.54) is 49.4 Å². The van der Waals surface area contributed by atoms with Gasteiger partial charge in [0.25, 0.3) is 0 Å². The van der Waals surface area contributed by atoms with Crippen LogP contribution in [0.15, 0.2) is 194 Å². The molecule has 14 rings (SSSR count). The van der Waals surface area contributed by atoms with Crippen LogP contribution in [0.4, 0.5) is 0 Å². The number of fused-ring (bicyclic) bond motifs is 12. The van der Waals surface area contributed by atoms with E-state index in [1.54, 1.807) is 0 Å². The van der Waals surface area contributed by atoms with Crippen molar-refractivity contribution in [1.29, 1.82) is 5.26 Å². The number of hydrogen-bond acceptors (Lipinski definition) is 1.